The number of carboxylic acid groups (broad SMARTS) is 1. The molecule has 0 saturated heterocycles. The molecule has 104 valence electrons. The molecule has 19 heavy (non-hydrogen) atoms. The number of esters is 1. The van der Waals surface area contributed by atoms with Crippen LogP contribution in [0, 0.1) is 0 Å². The Kier molecular flexibility index (Phi) is 6.21. The minimum Gasteiger partial charge on any atom is -0.495 e. The smallest absolute Gasteiger partial charge is 0.306 e. The molecule has 0 amide bonds. The monoisotopic (exact) mass is 267 g/mol. The van der Waals surface area contributed by atoms with Crippen LogP contribution in [-0.4, -0.2) is 37.3 Å². The minimum atomic E-state index is -1.01. The second-order valence-corrected chi connectivity index (χ2v) is 3.74. The SMILES string of the molecule is COc1ccccc1NCCOC(=O)CCC(=O)O. The van der Waals surface area contributed by atoms with E-state index in [2.05, 4.69) is 5.32 Å². The number of carboxylic acids is 1. The van der Waals surface area contributed by atoms with Crippen molar-refractivity contribution in [1.29, 1.82) is 0 Å². The van der Waals surface area contributed by atoms with E-state index >= 15 is 0 Å². The number of aliphatic carboxylic acids is 1. The predicted molar refractivity (Wildman–Crippen MR) is 69.3 cm³/mol. The van der Waals surface area contributed by atoms with E-state index in [0.717, 1.165) is 5.69 Å². The molecule has 6 nitrogen and oxygen atoms in total. The first-order valence-corrected chi connectivity index (χ1v) is 5.88. The Balaban J connectivity index is 2.23. The molecular formula is C13H17NO5. The second-order valence-electron chi connectivity index (χ2n) is 3.74. The minimum absolute atomic E-state index is 0.107. The first-order chi connectivity index (χ1) is 9.13. The molecule has 6 heteroatoms. The summed E-state index contributed by atoms with van der Waals surface area (Å²) >= 11 is 0. The highest BCUT2D eigenvalue weighted by Gasteiger charge is 2.06. The van der Waals surface area contributed by atoms with Crippen LogP contribution in [0.4, 0.5) is 5.69 Å². The first-order valence-electron chi connectivity index (χ1n) is 5.88. The fourth-order valence-electron chi connectivity index (χ4n) is 1.42. The summed E-state index contributed by atoms with van der Waals surface area (Å²) in [5.41, 5.74) is 0.812. The van der Waals surface area contributed by atoms with Crippen molar-refractivity contribution < 1.29 is 24.2 Å². The van der Waals surface area contributed by atoms with Crippen molar-refractivity contribution >= 4 is 17.6 Å². The molecule has 0 bridgehead atoms. The third kappa shape index (κ3) is 5.76. The molecule has 0 aliphatic carbocycles. The summed E-state index contributed by atoms with van der Waals surface area (Å²) in [6.45, 7) is 0.607. The van der Waals surface area contributed by atoms with Crippen LogP contribution in [0.15, 0.2) is 24.3 Å². The number of carbonyl (C=O) groups excluding carboxylic acids is 1. The van der Waals surface area contributed by atoms with Gasteiger partial charge in [-0.1, -0.05) is 12.1 Å². The highest BCUT2D eigenvalue weighted by molar-refractivity contribution is 5.76. The maximum absolute atomic E-state index is 11.1. The Morgan fingerprint density at radius 3 is 2.68 bits per heavy atom. The van der Waals surface area contributed by atoms with E-state index in [9.17, 15) is 9.59 Å². The van der Waals surface area contributed by atoms with Gasteiger partial charge in [-0.05, 0) is 12.1 Å². The van der Waals surface area contributed by atoms with Crippen molar-refractivity contribution in [1.82, 2.24) is 0 Å². The van der Waals surface area contributed by atoms with Gasteiger partial charge in [0.2, 0.25) is 0 Å². The third-order valence-electron chi connectivity index (χ3n) is 2.33. The Bertz CT molecular complexity index is 433. The number of rotatable bonds is 8. The van der Waals surface area contributed by atoms with Gasteiger partial charge in [-0.2, -0.15) is 0 Å². The topological polar surface area (TPSA) is 84.9 Å². The van der Waals surface area contributed by atoms with E-state index < -0.39 is 11.9 Å². The molecule has 0 aromatic heterocycles. The van der Waals surface area contributed by atoms with Crippen LogP contribution in [-0.2, 0) is 14.3 Å². The highest BCUT2D eigenvalue weighted by Crippen LogP contribution is 2.22. The Hall–Kier alpha value is -2.24. The maximum atomic E-state index is 11.1. The molecule has 0 aliphatic rings. The Morgan fingerprint density at radius 2 is 2.00 bits per heavy atom. The van der Waals surface area contributed by atoms with E-state index in [-0.39, 0.29) is 19.4 Å². The third-order valence-corrected chi connectivity index (χ3v) is 2.33. The van der Waals surface area contributed by atoms with Crippen LogP contribution < -0.4 is 10.1 Å². The van der Waals surface area contributed by atoms with E-state index in [1.807, 2.05) is 24.3 Å². The van der Waals surface area contributed by atoms with Crippen LogP contribution in [0.5, 0.6) is 5.75 Å². The van der Waals surface area contributed by atoms with E-state index in [1.54, 1.807) is 7.11 Å². The van der Waals surface area contributed by atoms with Crippen molar-refractivity contribution in [2.45, 2.75) is 12.8 Å². The quantitative estimate of drug-likeness (QED) is 0.548. The van der Waals surface area contributed by atoms with Crippen LogP contribution in [0.25, 0.3) is 0 Å². The summed E-state index contributed by atoms with van der Waals surface area (Å²) in [7, 11) is 1.58. The van der Waals surface area contributed by atoms with Crippen molar-refractivity contribution in [2.24, 2.45) is 0 Å². The summed E-state index contributed by atoms with van der Waals surface area (Å²) in [6, 6.07) is 7.39. The van der Waals surface area contributed by atoms with Crippen LogP contribution in [0.2, 0.25) is 0 Å². The number of anilines is 1. The summed E-state index contributed by atoms with van der Waals surface area (Å²) in [5, 5.41) is 11.5. The number of methoxy groups -OCH3 is 1. The average molecular weight is 267 g/mol. The summed E-state index contributed by atoms with van der Waals surface area (Å²) in [4.78, 5) is 21.4. The number of hydrogen-bond acceptors (Lipinski definition) is 5. The second kappa shape index (κ2) is 7.97. The molecule has 0 spiro atoms. The lowest BCUT2D eigenvalue weighted by atomic mass is 10.3. The van der Waals surface area contributed by atoms with E-state index in [4.69, 9.17) is 14.6 Å². The van der Waals surface area contributed by atoms with Crippen molar-refractivity contribution in [3.05, 3.63) is 24.3 Å². The molecular weight excluding hydrogens is 250 g/mol. The van der Waals surface area contributed by atoms with Gasteiger partial charge in [0.25, 0.3) is 0 Å². The standard InChI is InChI=1S/C13H17NO5/c1-18-11-5-3-2-4-10(11)14-8-9-19-13(17)7-6-12(15)16/h2-5,14H,6-9H2,1H3,(H,15,16). The zero-order valence-electron chi connectivity index (χ0n) is 10.7. The van der Waals surface area contributed by atoms with Gasteiger partial charge < -0.3 is 19.9 Å². The predicted octanol–water partition coefficient (Wildman–Crippen LogP) is 1.52. The van der Waals surface area contributed by atoms with Gasteiger partial charge in [0, 0.05) is 6.54 Å². The molecule has 1 rings (SSSR count). The number of nitrogens with one attached hydrogen (secondary N) is 1. The molecule has 0 radical (unpaired) electrons. The van der Waals surface area contributed by atoms with Gasteiger partial charge in [0.15, 0.2) is 0 Å². The van der Waals surface area contributed by atoms with Crippen molar-refractivity contribution in [3.8, 4) is 5.75 Å². The Morgan fingerprint density at radius 1 is 1.26 bits per heavy atom. The Labute approximate surface area is 111 Å². The first kappa shape index (κ1) is 14.8. The highest BCUT2D eigenvalue weighted by atomic mass is 16.5. The fraction of sp³-hybridized carbons (Fsp3) is 0.385. The molecule has 0 unspecified atom stereocenters. The molecule has 2 N–H and O–H groups in total. The summed E-state index contributed by atoms with van der Waals surface area (Å²) in [5.74, 6) is -0.812. The van der Waals surface area contributed by atoms with Gasteiger partial charge >= 0.3 is 11.9 Å². The summed E-state index contributed by atoms with van der Waals surface area (Å²) < 4.78 is 10.0. The number of benzene rings is 1. The maximum Gasteiger partial charge on any atom is 0.306 e. The van der Waals surface area contributed by atoms with Crippen LogP contribution >= 0.6 is 0 Å². The van der Waals surface area contributed by atoms with Gasteiger partial charge in [-0.3, -0.25) is 9.59 Å². The fourth-order valence-corrected chi connectivity index (χ4v) is 1.42. The molecule has 0 atom stereocenters. The lowest BCUT2D eigenvalue weighted by Gasteiger charge is -2.10. The number of para-hydroxylation sites is 2. The molecule has 1 aromatic carbocycles. The van der Waals surface area contributed by atoms with Gasteiger partial charge in [-0.15, -0.1) is 0 Å². The molecule has 0 aliphatic heterocycles. The molecule has 0 fully saturated rings. The van der Waals surface area contributed by atoms with Crippen molar-refractivity contribution in [3.63, 3.8) is 0 Å². The largest absolute Gasteiger partial charge is 0.495 e. The van der Waals surface area contributed by atoms with Crippen molar-refractivity contribution in [2.75, 3.05) is 25.6 Å². The molecule has 1 aromatic rings. The lowest BCUT2D eigenvalue weighted by Crippen LogP contribution is -2.14. The number of carbonyl (C=O) groups is 2. The van der Waals surface area contributed by atoms with Gasteiger partial charge in [-0.25, -0.2) is 0 Å². The zero-order valence-corrected chi connectivity index (χ0v) is 10.7. The zero-order chi connectivity index (χ0) is 14.1. The van der Waals surface area contributed by atoms with E-state index in [0.29, 0.717) is 12.3 Å². The van der Waals surface area contributed by atoms with Crippen LogP contribution in [0.1, 0.15) is 12.8 Å². The van der Waals surface area contributed by atoms with Gasteiger partial charge in [0.1, 0.15) is 12.4 Å². The van der Waals surface area contributed by atoms with Gasteiger partial charge in [0.05, 0.1) is 25.6 Å². The molecule has 0 heterocycles. The average Bonchev–Trinajstić information content (AvgIpc) is 2.41. The normalized spacial score (nSPS) is 9.74. The van der Waals surface area contributed by atoms with E-state index in [1.165, 1.54) is 0 Å². The summed E-state index contributed by atoms with van der Waals surface area (Å²) in [6.07, 6.45) is -0.317. The molecule has 0 saturated carbocycles. The lowest BCUT2D eigenvalue weighted by molar-refractivity contribution is -0.147. The number of ether oxygens (including phenoxy) is 2. The number of hydrogen-bond donors (Lipinski definition) is 2. The van der Waals surface area contributed by atoms with Crippen LogP contribution in [0.3, 0.4) is 0 Å².